The van der Waals surface area contributed by atoms with Crippen LogP contribution in [0.4, 0.5) is 0 Å². The van der Waals surface area contributed by atoms with Gasteiger partial charge < -0.3 is 24.4 Å². The molecule has 4 rings (SSSR count). The third-order valence-electron chi connectivity index (χ3n) is 7.23. The number of aliphatic hydroxyl groups is 1. The Hall–Kier alpha value is -2.19. The maximum atomic E-state index is 13.8. The van der Waals surface area contributed by atoms with Crippen LogP contribution in [0.1, 0.15) is 46.0 Å². The van der Waals surface area contributed by atoms with Crippen molar-refractivity contribution in [1.29, 1.82) is 0 Å². The van der Waals surface area contributed by atoms with E-state index in [0.717, 1.165) is 19.3 Å². The summed E-state index contributed by atoms with van der Waals surface area (Å²) in [7, 11) is 0. The molecule has 4 heterocycles. The van der Waals surface area contributed by atoms with Gasteiger partial charge in [0.05, 0.1) is 11.5 Å². The summed E-state index contributed by atoms with van der Waals surface area (Å²) in [6, 6.07) is -0.830. The Morgan fingerprint density at radius 3 is 2.56 bits per heavy atom. The van der Waals surface area contributed by atoms with E-state index in [9.17, 15) is 19.5 Å². The standard InChI is InChI=1S/C24H34N2O6/c1-3-4-5-12-25-13-8-11-24-17(18-22(30)31-16-9-10-23(18,2)32-24)20(28)26(14-6-7-15-27)19(24)21(25)29/h8-11,17-19,27H,3-7,12-16H2,1-2H3/t17-,18+,19?,23-,24-/m0/s1. The molecule has 32 heavy (non-hydrogen) atoms. The van der Waals surface area contributed by atoms with Gasteiger partial charge in [-0.05, 0) is 32.3 Å². The van der Waals surface area contributed by atoms with E-state index in [1.54, 1.807) is 28.9 Å². The minimum atomic E-state index is -1.22. The fraction of sp³-hybridized carbons (Fsp3) is 0.708. The lowest BCUT2D eigenvalue weighted by atomic mass is 9.75. The molecule has 0 aromatic carbocycles. The maximum Gasteiger partial charge on any atom is 0.313 e. The molecule has 1 spiro atoms. The molecule has 2 amide bonds. The van der Waals surface area contributed by atoms with Crippen molar-refractivity contribution in [3.05, 3.63) is 24.3 Å². The van der Waals surface area contributed by atoms with E-state index in [4.69, 9.17) is 9.47 Å². The van der Waals surface area contributed by atoms with E-state index in [1.165, 1.54) is 0 Å². The molecule has 2 saturated heterocycles. The summed E-state index contributed by atoms with van der Waals surface area (Å²) in [6.45, 7) is 5.50. The van der Waals surface area contributed by atoms with Gasteiger partial charge in [0, 0.05) is 26.2 Å². The van der Waals surface area contributed by atoms with Crippen molar-refractivity contribution in [2.24, 2.45) is 11.8 Å². The van der Waals surface area contributed by atoms with E-state index in [2.05, 4.69) is 6.92 Å². The largest absolute Gasteiger partial charge is 0.461 e. The summed E-state index contributed by atoms with van der Waals surface area (Å²) >= 11 is 0. The fourth-order valence-electron chi connectivity index (χ4n) is 5.79. The second-order valence-electron chi connectivity index (χ2n) is 9.39. The number of aliphatic hydroxyl groups excluding tert-OH is 1. The van der Waals surface area contributed by atoms with Gasteiger partial charge >= 0.3 is 5.97 Å². The SMILES string of the molecule is CCCCCN1CC=C[C@]23O[C@@]4(C)C=CCOC(=O)[C@H]4[C@H]2C(=O)N(CCCCO)C3C1=O. The second-order valence-corrected chi connectivity index (χ2v) is 9.39. The number of rotatable bonds is 8. The predicted molar refractivity (Wildman–Crippen MR) is 116 cm³/mol. The average Bonchev–Trinajstić information content (AvgIpc) is 3.01. The van der Waals surface area contributed by atoms with Gasteiger partial charge in [-0.2, -0.15) is 0 Å². The number of nitrogens with zero attached hydrogens (tertiary/aromatic N) is 2. The van der Waals surface area contributed by atoms with Crippen molar-refractivity contribution in [2.75, 3.05) is 32.8 Å². The highest BCUT2D eigenvalue weighted by Crippen LogP contribution is 2.57. The topological polar surface area (TPSA) is 96.4 Å². The highest BCUT2D eigenvalue weighted by molar-refractivity contribution is 5.99. The first-order valence-corrected chi connectivity index (χ1v) is 11.8. The molecule has 0 radical (unpaired) electrons. The van der Waals surface area contributed by atoms with Crippen LogP contribution in [-0.2, 0) is 23.9 Å². The lowest BCUT2D eigenvalue weighted by molar-refractivity contribution is -0.157. The first kappa shape index (κ1) is 23.0. The molecule has 0 aliphatic carbocycles. The van der Waals surface area contributed by atoms with Gasteiger partial charge in [0.1, 0.15) is 24.2 Å². The second kappa shape index (κ2) is 8.98. The third kappa shape index (κ3) is 3.57. The summed E-state index contributed by atoms with van der Waals surface area (Å²) in [5.74, 6) is -2.49. The number of carbonyl (C=O) groups is 3. The maximum absolute atomic E-state index is 13.8. The number of unbranched alkanes of at least 4 members (excludes halogenated alkanes) is 3. The normalized spacial score (nSPS) is 36.0. The number of carbonyl (C=O) groups excluding carboxylic acids is 3. The molecule has 1 N–H and O–H groups in total. The molecule has 0 aromatic rings. The number of hydrogen-bond acceptors (Lipinski definition) is 6. The van der Waals surface area contributed by atoms with Crippen molar-refractivity contribution in [1.82, 2.24) is 9.80 Å². The summed E-state index contributed by atoms with van der Waals surface area (Å²) in [4.78, 5) is 44.0. The van der Waals surface area contributed by atoms with E-state index in [0.29, 0.717) is 32.5 Å². The molecule has 0 aromatic heterocycles. The minimum absolute atomic E-state index is 0.0204. The molecule has 0 bridgehead atoms. The van der Waals surface area contributed by atoms with Crippen LogP contribution in [0.25, 0.3) is 0 Å². The molecule has 1 unspecified atom stereocenters. The zero-order chi connectivity index (χ0) is 22.9. The Morgan fingerprint density at radius 1 is 1.03 bits per heavy atom. The van der Waals surface area contributed by atoms with Crippen molar-refractivity contribution in [2.45, 2.75) is 63.2 Å². The summed E-state index contributed by atoms with van der Waals surface area (Å²) in [5.41, 5.74) is -2.24. The summed E-state index contributed by atoms with van der Waals surface area (Å²) < 4.78 is 12.0. The molecular weight excluding hydrogens is 412 g/mol. The molecule has 4 aliphatic rings. The Labute approximate surface area is 189 Å². The van der Waals surface area contributed by atoms with Crippen molar-refractivity contribution >= 4 is 17.8 Å². The average molecular weight is 447 g/mol. The molecular formula is C24H34N2O6. The Balaban J connectivity index is 1.75. The van der Waals surface area contributed by atoms with Gasteiger partial charge in [-0.3, -0.25) is 14.4 Å². The van der Waals surface area contributed by atoms with Crippen LogP contribution in [0, 0.1) is 11.8 Å². The Morgan fingerprint density at radius 2 is 1.81 bits per heavy atom. The number of cyclic esters (lactones) is 1. The fourth-order valence-corrected chi connectivity index (χ4v) is 5.79. The monoisotopic (exact) mass is 446 g/mol. The van der Waals surface area contributed by atoms with Crippen molar-refractivity contribution < 1.29 is 29.0 Å². The first-order valence-electron chi connectivity index (χ1n) is 11.8. The number of fused-ring (bicyclic) bond motifs is 2. The van der Waals surface area contributed by atoms with Crippen LogP contribution >= 0.6 is 0 Å². The highest BCUT2D eigenvalue weighted by atomic mass is 16.6. The number of esters is 1. The van der Waals surface area contributed by atoms with Crippen LogP contribution in [0.5, 0.6) is 0 Å². The van der Waals surface area contributed by atoms with Crippen LogP contribution in [-0.4, -0.2) is 82.8 Å². The van der Waals surface area contributed by atoms with E-state index >= 15 is 0 Å². The Kier molecular flexibility index (Phi) is 6.45. The number of amides is 2. The minimum Gasteiger partial charge on any atom is -0.461 e. The van der Waals surface area contributed by atoms with Crippen LogP contribution in [0.3, 0.4) is 0 Å². The van der Waals surface area contributed by atoms with Gasteiger partial charge in [-0.1, -0.05) is 38.0 Å². The third-order valence-corrected chi connectivity index (χ3v) is 7.23. The molecule has 2 fully saturated rings. The first-order chi connectivity index (χ1) is 15.4. The zero-order valence-electron chi connectivity index (χ0n) is 19.0. The molecule has 8 heteroatoms. The smallest absolute Gasteiger partial charge is 0.313 e. The van der Waals surface area contributed by atoms with E-state index < -0.39 is 35.0 Å². The Bertz CT molecular complexity index is 825. The van der Waals surface area contributed by atoms with Crippen molar-refractivity contribution in [3.63, 3.8) is 0 Å². The zero-order valence-corrected chi connectivity index (χ0v) is 19.0. The van der Waals surface area contributed by atoms with Gasteiger partial charge in [0.15, 0.2) is 0 Å². The molecule has 8 nitrogen and oxygen atoms in total. The predicted octanol–water partition coefficient (Wildman–Crippen LogP) is 1.43. The van der Waals surface area contributed by atoms with Gasteiger partial charge in [-0.15, -0.1) is 0 Å². The van der Waals surface area contributed by atoms with Gasteiger partial charge in [-0.25, -0.2) is 0 Å². The van der Waals surface area contributed by atoms with E-state index in [1.807, 2.05) is 12.2 Å². The number of ether oxygens (including phenoxy) is 2. The molecule has 0 saturated carbocycles. The van der Waals surface area contributed by atoms with Crippen LogP contribution in [0.2, 0.25) is 0 Å². The van der Waals surface area contributed by atoms with Gasteiger partial charge in [0.2, 0.25) is 11.8 Å². The lowest BCUT2D eigenvalue weighted by Gasteiger charge is -2.37. The molecule has 4 aliphatic heterocycles. The van der Waals surface area contributed by atoms with Crippen molar-refractivity contribution in [3.8, 4) is 0 Å². The quantitative estimate of drug-likeness (QED) is 0.344. The van der Waals surface area contributed by atoms with E-state index in [-0.39, 0.29) is 25.0 Å². The lowest BCUT2D eigenvalue weighted by Crippen LogP contribution is -2.56. The summed E-state index contributed by atoms with van der Waals surface area (Å²) in [6.07, 6.45) is 11.4. The number of likely N-dealkylation sites (tertiary alicyclic amines) is 1. The van der Waals surface area contributed by atoms with Crippen LogP contribution < -0.4 is 0 Å². The molecule has 176 valence electrons. The molecule has 5 atom stereocenters. The van der Waals surface area contributed by atoms with Crippen LogP contribution in [0.15, 0.2) is 24.3 Å². The van der Waals surface area contributed by atoms with Gasteiger partial charge in [0.25, 0.3) is 0 Å². The number of hydrogen-bond donors (Lipinski definition) is 1. The highest BCUT2D eigenvalue weighted by Gasteiger charge is 2.74. The summed E-state index contributed by atoms with van der Waals surface area (Å²) in [5, 5.41) is 9.23.